The van der Waals surface area contributed by atoms with Crippen molar-refractivity contribution in [3.63, 3.8) is 0 Å². The first kappa shape index (κ1) is 30.3. The standard InChI is InChI=1S/C29H35F3N4O2S/c1-4-5-6-7-8-21-9-11-23(12-10-21)27(38)36(19-20(2)3)18-17-25(37)33-28-35-34-26(39-28)22-13-15-24(16-14-22)29(30,31)32/h9-16,20H,4-8,17-19H2,1-3H3,(H,33,35,37). The summed E-state index contributed by atoms with van der Waals surface area (Å²) in [5.74, 6) is -0.215. The minimum Gasteiger partial charge on any atom is -0.338 e. The van der Waals surface area contributed by atoms with Crippen molar-refractivity contribution in [1.82, 2.24) is 15.1 Å². The van der Waals surface area contributed by atoms with Gasteiger partial charge in [-0.05, 0) is 48.6 Å². The fraction of sp³-hybridized carbons (Fsp3) is 0.448. The van der Waals surface area contributed by atoms with Crippen molar-refractivity contribution >= 4 is 28.3 Å². The number of unbranched alkanes of at least 4 members (excludes halogenated alkanes) is 3. The van der Waals surface area contributed by atoms with E-state index < -0.39 is 11.7 Å². The number of hydrogen-bond acceptors (Lipinski definition) is 5. The van der Waals surface area contributed by atoms with Crippen LogP contribution in [0, 0.1) is 5.92 Å². The lowest BCUT2D eigenvalue weighted by Gasteiger charge is -2.24. The molecule has 0 aliphatic heterocycles. The number of amides is 2. The second-order valence-electron chi connectivity index (χ2n) is 9.94. The van der Waals surface area contributed by atoms with Crippen LogP contribution in [-0.2, 0) is 17.4 Å². The molecule has 210 valence electrons. The molecule has 1 heterocycles. The Morgan fingerprint density at radius 1 is 0.974 bits per heavy atom. The molecule has 2 amide bonds. The molecule has 0 aliphatic carbocycles. The zero-order valence-corrected chi connectivity index (χ0v) is 23.4. The van der Waals surface area contributed by atoms with Crippen LogP contribution in [0.15, 0.2) is 48.5 Å². The lowest BCUT2D eigenvalue weighted by atomic mass is 10.0. The first-order valence-electron chi connectivity index (χ1n) is 13.3. The maximum Gasteiger partial charge on any atom is 0.416 e. The topological polar surface area (TPSA) is 75.2 Å². The zero-order chi connectivity index (χ0) is 28.4. The fourth-order valence-electron chi connectivity index (χ4n) is 4.08. The van der Waals surface area contributed by atoms with Crippen LogP contribution < -0.4 is 5.32 Å². The van der Waals surface area contributed by atoms with Crippen molar-refractivity contribution in [1.29, 1.82) is 0 Å². The molecule has 0 bridgehead atoms. The summed E-state index contributed by atoms with van der Waals surface area (Å²) in [6, 6.07) is 12.3. The molecule has 6 nitrogen and oxygen atoms in total. The number of alkyl halides is 3. The molecule has 0 fully saturated rings. The van der Waals surface area contributed by atoms with E-state index in [0.29, 0.717) is 22.7 Å². The van der Waals surface area contributed by atoms with Crippen LogP contribution in [0.5, 0.6) is 0 Å². The normalized spacial score (nSPS) is 11.6. The summed E-state index contributed by atoms with van der Waals surface area (Å²) in [5, 5.41) is 11.2. The van der Waals surface area contributed by atoms with Gasteiger partial charge in [-0.15, -0.1) is 10.2 Å². The summed E-state index contributed by atoms with van der Waals surface area (Å²) in [4.78, 5) is 27.5. The van der Waals surface area contributed by atoms with Gasteiger partial charge in [0, 0.05) is 30.6 Å². The van der Waals surface area contributed by atoms with Crippen molar-refractivity contribution in [3.05, 3.63) is 65.2 Å². The summed E-state index contributed by atoms with van der Waals surface area (Å²) in [6.07, 6.45) is 1.42. The van der Waals surface area contributed by atoms with E-state index in [9.17, 15) is 22.8 Å². The first-order chi connectivity index (χ1) is 18.6. The van der Waals surface area contributed by atoms with E-state index in [1.54, 1.807) is 4.90 Å². The maximum absolute atomic E-state index is 13.2. The van der Waals surface area contributed by atoms with E-state index in [4.69, 9.17) is 0 Å². The van der Waals surface area contributed by atoms with Crippen LogP contribution in [0.2, 0.25) is 0 Å². The van der Waals surface area contributed by atoms with Gasteiger partial charge in [0.05, 0.1) is 5.56 Å². The van der Waals surface area contributed by atoms with Crippen LogP contribution in [-0.4, -0.2) is 40.0 Å². The second-order valence-corrected chi connectivity index (χ2v) is 10.9. The van der Waals surface area contributed by atoms with Crippen molar-refractivity contribution in [3.8, 4) is 10.6 Å². The van der Waals surface area contributed by atoms with E-state index in [2.05, 4.69) is 22.4 Å². The molecule has 1 aromatic heterocycles. The summed E-state index contributed by atoms with van der Waals surface area (Å²) >= 11 is 1.07. The Hall–Kier alpha value is -3.27. The van der Waals surface area contributed by atoms with Crippen molar-refractivity contribution in [2.75, 3.05) is 18.4 Å². The summed E-state index contributed by atoms with van der Waals surface area (Å²) in [5.41, 5.74) is 1.54. The molecular formula is C29H35F3N4O2S. The van der Waals surface area contributed by atoms with Gasteiger partial charge in [0.1, 0.15) is 5.01 Å². The minimum atomic E-state index is -4.42. The van der Waals surface area contributed by atoms with Gasteiger partial charge >= 0.3 is 6.18 Å². The quantitative estimate of drug-likeness (QED) is 0.220. The average molecular weight is 561 g/mol. The lowest BCUT2D eigenvalue weighted by Crippen LogP contribution is -2.36. The number of aromatic nitrogens is 2. The zero-order valence-electron chi connectivity index (χ0n) is 22.6. The molecule has 3 rings (SSSR count). The third-order valence-electron chi connectivity index (χ3n) is 6.13. The average Bonchev–Trinajstić information content (AvgIpc) is 3.37. The smallest absolute Gasteiger partial charge is 0.338 e. The highest BCUT2D eigenvalue weighted by Crippen LogP contribution is 2.32. The molecule has 0 atom stereocenters. The Balaban J connectivity index is 1.56. The Bertz CT molecular complexity index is 1210. The highest BCUT2D eigenvalue weighted by molar-refractivity contribution is 7.18. The van der Waals surface area contributed by atoms with Crippen LogP contribution in [0.3, 0.4) is 0 Å². The number of benzene rings is 2. The third-order valence-corrected chi connectivity index (χ3v) is 7.02. The highest BCUT2D eigenvalue weighted by atomic mass is 32.1. The van der Waals surface area contributed by atoms with Gasteiger partial charge in [0.15, 0.2) is 0 Å². The van der Waals surface area contributed by atoms with Gasteiger partial charge in [-0.2, -0.15) is 13.2 Å². The van der Waals surface area contributed by atoms with Crippen LogP contribution in [0.1, 0.15) is 74.4 Å². The van der Waals surface area contributed by atoms with Crippen LogP contribution >= 0.6 is 11.3 Å². The number of nitrogens with zero attached hydrogens (tertiary/aromatic N) is 3. The Morgan fingerprint density at radius 3 is 2.28 bits per heavy atom. The summed E-state index contributed by atoms with van der Waals surface area (Å²) < 4.78 is 38.4. The molecule has 2 aromatic carbocycles. The Labute approximate surface area is 231 Å². The van der Waals surface area contributed by atoms with Gasteiger partial charge < -0.3 is 10.2 Å². The van der Waals surface area contributed by atoms with E-state index >= 15 is 0 Å². The first-order valence-corrected chi connectivity index (χ1v) is 14.1. The van der Waals surface area contributed by atoms with Gasteiger partial charge in [-0.25, -0.2) is 0 Å². The van der Waals surface area contributed by atoms with E-state index in [-0.39, 0.29) is 35.8 Å². The molecule has 0 radical (unpaired) electrons. The van der Waals surface area contributed by atoms with E-state index in [1.165, 1.54) is 37.0 Å². The number of rotatable bonds is 13. The SMILES string of the molecule is CCCCCCc1ccc(C(=O)N(CCC(=O)Nc2nnc(-c3ccc(C(F)(F)F)cc3)s2)CC(C)C)cc1. The van der Waals surface area contributed by atoms with Crippen molar-refractivity contribution in [2.24, 2.45) is 5.92 Å². The number of anilines is 1. The minimum absolute atomic E-state index is 0.0726. The van der Waals surface area contributed by atoms with E-state index in [1.807, 2.05) is 38.1 Å². The molecule has 10 heteroatoms. The molecule has 0 spiro atoms. The molecule has 0 aliphatic rings. The number of nitrogens with one attached hydrogen (secondary N) is 1. The molecule has 1 N–H and O–H groups in total. The summed E-state index contributed by atoms with van der Waals surface area (Å²) in [7, 11) is 0. The van der Waals surface area contributed by atoms with Crippen molar-refractivity contribution in [2.45, 2.75) is 65.5 Å². The predicted octanol–water partition coefficient (Wildman–Crippen LogP) is 7.47. The summed E-state index contributed by atoms with van der Waals surface area (Å²) in [6.45, 7) is 6.98. The Kier molecular flexibility index (Phi) is 11.0. The third kappa shape index (κ3) is 9.45. The largest absolute Gasteiger partial charge is 0.416 e. The number of carbonyl (C=O) groups is 2. The molecule has 39 heavy (non-hydrogen) atoms. The van der Waals surface area contributed by atoms with Gasteiger partial charge in [-0.1, -0.05) is 75.6 Å². The number of hydrogen-bond donors (Lipinski definition) is 1. The Morgan fingerprint density at radius 2 is 1.67 bits per heavy atom. The van der Waals surface area contributed by atoms with Gasteiger partial charge in [0.2, 0.25) is 11.0 Å². The van der Waals surface area contributed by atoms with Crippen molar-refractivity contribution < 1.29 is 22.8 Å². The molecule has 0 unspecified atom stereocenters. The van der Waals surface area contributed by atoms with Gasteiger partial charge in [-0.3, -0.25) is 9.59 Å². The fourth-order valence-corrected chi connectivity index (χ4v) is 4.84. The molecule has 0 saturated heterocycles. The lowest BCUT2D eigenvalue weighted by molar-refractivity contribution is -0.137. The number of halogens is 3. The number of carbonyl (C=O) groups excluding carboxylic acids is 2. The number of aryl methyl sites for hydroxylation is 1. The van der Waals surface area contributed by atoms with Gasteiger partial charge in [0.25, 0.3) is 5.91 Å². The highest BCUT2D eigenvalue weighted by Gasteiger charge is 2.30. The van der Waals surface area contributed by atoms with Crippen LogP contribution in [0.4, 0.5) is 18.3 Å². The molecule has 0 saturated carbocycles. The molecule has 3 aromatic rings. The second kappa shape index (κ2) is 14.2. The van der Waals surface area contributed by atoms with Crippen LogP contribution in [0.25, 0.3) is 10.6 Å². The maximum atomic E-state index is 13.2. The van der Waals surface area contributed by atoms with E-state index in [0.717, 1.165) is 36.3 Å². The predicted molar refractivity (Wildman–Crippen MR) is 149 cm³/mol. The molecular weight excluding hydrogens is 525 g/mol. The monoisotopic (exact) mass is 560 g/mol.